The Kier molecular flexibility index (Phi) is 4.37. The van der Waals surface area contributed by atoms with E-state index in [1.165, 1.54) is 18.2 Å². The second kappa shape index (κ2) is 5.75. The molecule has 0 saturated carbocycles. The van der Waals surface area contributed by atoms with E-state index in [-0.39, 0.29) is 4.90 Å². The molecule has 4 nitrogen and oxygen atoms in total. The minimum Gasteiger partial charge on any atom is -0.398 e. The van der Waals surface area contributed by atoms with Crippen molar-refractivity contribution in [1.82, 2.24) is 0 Å². The molecule has 0 aliphatic rings. The molecule has 0 heterocycles. The van der Waals surface area contributed by atoms with Gasteiger partial charge in [-0.05, 0) is 49.2 Å². The lowest BCUT2D eigenvalue weighted by Gasteiger charge is -2.14. The molecule has 0 unspecified atom stereocenters. The van der Waals surface area contributed by atoms with Crippen LogP contribution in [0.2, 0.25) is 10.0 Å². The van der Waals surface area contributed by atoms with E-state index in [0.29, 0.717) is 32.5 Å². The summed E-state index contributed by atoms with van der Waals surface area (Å²) in [6.07, 6.45) is 0. The highest BCUT2D eigenvalue weighted by atomic mass is 35.5. The van der Waals surface area contributed by atoms with Gasteiger partial charge in [-0.15, -0.1) is 0 Å². The molecule has 0 aliphatic carbocycles. The van der Waals surface area contributed by atoms with Gasteiger partial charge in [0.1, 0.15) is 0 Å². The topological polar surface area (TPSA) is 72.2 Å². The standard InChI is InChI=1S/C14H14Cl2N2O2S/c1-8-3-4-13(17)9(2)14(8)21(19,20)18-12-6-10(15)5-11(16)7-12/h3-7,18H,17H2,1-2H3. The normalized spacial score (nSPS) is 11.4. The van der Waals surface area contributed by atoms with Gasteiger partial charge in [0.25, 0.3) is 10.0 Å². The third-order valence-corrected chi connectivity index (χ3v) is 5.13. The summed E-state index contributed by atoms with van der Waals surface area (Å²) in [4.78, 5) is 0.165. The molecule has 0 fully saturated rings. The number of aryl methyl sites for hydroxylation is 1. The molecule has 2 aromatic carbocycles. The zero-order chi connectivity index (χ0) is 15.8. The van der Waals surface area contributed by atoms with Crippen molar-refractivity contribution in [1.29, 1.82) is 0 Å². The Bertz CT molecular complexity index is 785. The summed E-state index contributed by atoms with van der Waals surface area (Å²) in [5, 5.41) is 0.697. The first kappa shape index (κ1) is 15.9. The lowest BCUT2D eigenvalue weighted by molar-refractivity contribution is 0.600. The molecule has 3 N–H and O–H groups in total. The number of benzene rings is 2. The predicted octanol–water partition coefficient (Wildman–Crippen LogP) is 3.99. The number of anilines is 2. The average molecular weight is 345 g/mol. The van der Waals surface area contributed by atoms with E-state index >= 15 is 0 Å². The highest BCUT2D eigenvalue weighted by Gasteiger charge is 2.21. The fraction of sp³-hybridized carbons (Fsp3) is 0.143. The highest BCUT2D eigenvalue weighted by molar-refractivity contribution is 7.92. The van der Waals surface area contributed by atoms with E-state index in [1.807, 2.05) is 0 Å². The van der Waals surface area contributed by atoms with E-state index in [2.05, 4.69) is 4.72 Å². The maximum atomic E-state index is 12.6. The van der Waals surface area contributed by atoms with Crippen LogP contribution in [0, 0.1) is 13.8 Å². The summed E-state index contributed by atoms with van der Waals surface area (Å²) >= 11 is 11.7. The van der Waals surface area contributed by atoms with Gasteiger partial charge in [-0.25, -0.2) is 8.42 Å². The van der Waals surface area contributed by atoms with Gasteiger partial charge in [-0.1, -0.05) is 29.3 Å². The molecule has 0 atom stereocenters. The van der Waals surface area contributed by atoms with Crippen LogP contribution in [0.3, 0.4) is 0 Å². The van der Waals surface area contributed by atoms with E-state index in [4.69, 9.17) is 28.9 Å². The van der Waals surface area contributed by atoms with Crippen LogP contribution in [0.15, 0.2) is 35.2 Å². The lowest BCUT2D eigenvalue weighted by Crippen LogP contribution is -2.16. The van der Waals surface area contributed by atoms with Crippen LogP contribution in [0.1, 0.15) is 11.1 Å². The molecule has 112 valence electrons. The number of sulfonamides is 1. The molecule has 0 aliphatic heterocycles. The number of nitrogens with one attached hydrogen (secondary N) is 1. The van der Waals surface area contributed by atoms with Crippen LogP contribution < -0.4 is 10.5 Å². The minimum absolute atomic E-state index is 0.165. The molecule has 7 heteroatoms. The largest absolute Gasteiger partial charge is 0.398 e. The van der Waals surface area contributed by atoms with Crippen molar-refractivity contribution in [3.05, 3.63) is 51.5 Å². The molecule has 0 saturated heterocycles. The fourth-order valence-corrected chi connectivity index (χ4v) is 4.14. The zero-order valence-corrected chi connectivity index (χ0v) is 13.8. The quantitative estimate of drug-likeness (QED) is 0.826. The van der Waals surface area contributed by atoms with Gasteiger partial charge in [0.05, 0.1) is 10.6 Å². The van der Waals surface area contributed by atoms with Crippen LogP contribution in [0.25, 0.3) is 0 Å². The van der Waals surface area contributed by atoms with Gasteiger partial charge in [0, 0.05) is 15.7 Å². The number of rotatable bonds is 3. The van der Waals surface area contributed by atoms with Gasteiger partial charge in [0.15, 0.2) is 0 Å². The van der Waals surface area contributed by atoms with E-state index in [0.717, 1.165) is 0 Å². The monoisotopic (exact) mass is 344 g/mol. The molecular weight excluding hydrogens is 331 g/mol. The predicted molar refractivity (Wildman–Crippen MR) is 87.6 cm³/mol. The Balaban J connectivity index is 2.51. The summed E-state index contributed by atoms with van der Waals surface area (Å²) in [5.41, 5.74) is 7.64. The van der Waals surface area contributed by atoms with E-state index < -0.39 is 10.0 Å². The summed E-state index contributed by atoms with van der Waals surface area (Å²) in [7, 11) is -3.78. The van der Waals surface area contributed by atoms with Gasteiger partial charge < -0.3 is 5.73 Å². The maximum Gasteiger partial charge on any atom is 0.262 e. The van der Waals surface area contributed by atoms with Crippen molar-refractivity contribution in [2.45, 2.75) is 18.7 Å². The molecule has 0 bridgehead atoms. The molecule has 0 radical (unpaired) electrons. The molecule has 0 spiro atoms. The molecule has 2 aromatic rings. The van der Waals surface area contributed by atoms with Crippen LogP contribution in [0.5, 0.6) is 0 Å². The molecular formula is C14H14Cl2N2O2S. The van der Waals surface area contributed by atoms with E-state index in [1.54, 1.807) is 26.0 Å². The third kappa shape index (κ3) is 3.43. The zero-order valence-electron chi connectivity index (χ0n) is 11.4. The Morgan fingerprint density at radius 3 is 2.19 bits per heavy atom. The van der Waals surface area contributed by atoms with Crippen LogP contribution in [-0.4, -0.2) is 8.42 Å². The molecule has 2 rings (SSSR count). The van der Waals surface area contributed by atoms with Crippen molar-refractivity contribution in [2.75, 3.05) is 10.5 Å². The smallest absolute Gasteiger partial charge is 0.262 e. The molecule has 0 aromatic heterocycles. The number of hydrogen-bond donors (Lipinski definition) is 2. The average Bonchev–Trinajstić information content (AvgIpc) is 2.32. The first-order valence-electron chi connectivity index (χ1n) is 6.05. The van der Waals surface area contributed by atoms with Gasteiger partial charge >= 0.3 is 0 Å². The Morgan fingerprint density at radius 2 is 1.62 bits per heavy atom. The first-order chi connectivity index (χ1) is 9.70. The summed E-state index contributed by atoms with van der Waals surface area (Å²) in [6, 6.07) is 7.85. The van der Waals surface area contributed by atoms with Crippen molar-refractivity contribution in [3.8, 4) is 0 Å². The van der Waals surface area contributed by atoms with Gasteiger partial charge in [-0.2, -0.15) is 0 Å². The summed E-state index contributed by atoms with van der Waals surface area (Å²) in [6.45, 7) is 3.38. The van der Waals surface area contributed by atoms with E-state index in [9.17, 15) is 8.42 Å². The number of nitrogen functional groups attached to an aromatic ring is 1. The van der Waals surface area contributed by atoms with Gasteiger partial charge in [-0.3, -0.25) is 4.72 Å². The lowest BCUT2D eigenvalue weighted by atomic mass is 10.1. The minimum atomic E-state index is -3.78. The van der Waals surface area contributed by atoms with Crippen molar-refractivity contribution < 1.29 is 8.42 Å². The van der Waals surface area contributed by atoms with Crippen molar-refractivity contribution >= 4 is 44.6 Å². The number of nitrogens with two attached hydrogens (primary N) is 1. The third-order valence-electron chi connectivity index (χ3n) is 3.03. The van der Waals surface area contributed by atoms with Gasteiger partial charge in [0.2, 0.25) is 0 Å². The fourth-order valence-electron chi connectivity index (χ4n) is 2.07. The van der Waals surface area contributed by atoms with Crippen molar-refractivity contribution in [2.24, 2.45) is 0 Å². The second-order valence-corrected chi connectivity index (χ2v) is 7.18. The maximum absolute atomic E-state index is 12.6. The second-order valence-electron chi connectivity index (χ2n) is 4.69. The number of halogens is 2. The first-order valence-corrected chi connectivity index (χ1v) is 8.29. The summed E-state index contributed by atoms with van der Waals surface area (Å²) < 4.78 is 27.6. The molecule has 0 amide bonds. The van der Waals surface area contributed by atoms with Crippen molar-refractivity contribution in [3.63, 3.8) is 0 Å². The summed E-state index contributed by atoms with van der Waals surface area (Å²) in [5.74, 6) is 0. The highest BCUT2D eigenvalue weighted by Crippen LogP contribution is 2.29. The number of hydrogen-bond acceptors (Lipinski definition) is 3. The van der Waals surface area contributed by atoms with Crippen LogP contribution in [-0.2, 0) is 10.0 Å². The van der Waals surface area contributed by atoms with Crippen LogP contribution in [0.4, 0.5) is 11.4 Å². The Labute approximate surface area is 133 Å². The Morgan fingerprint density at radius 1 is 1.05 bits per heavy atom. The Hall–Kier alpha value is -1.43. The molecule has 21 heavy (non-hydrogen) atoms. The van der Waals surface area contributed by atoms with Crippen LogP contribution >= 0.6 is 23.2 Å². The SMILES string of the molecule is Cc1ccc(N)c(C)c1S(=O)(=O)Nc1cc(Cl)cc(Cl)c1.